The van der Waals surface area contributed by atoms with Crippen molar-refractivity contribution in [3.8, 4) is 0 Å². The largest absolute Gasteiger partial charge is 0.347 e. The van der Waals surface area contributed by atoms with Gasteiger partial charge in [-0.3, -0.25) is 9.78 Å². The van der Waals surface area contributed by atoms with E-state index in [4.69, 9.17) is 0 Å². The molecule has 0 bridgehead atoms. The van der Waals surface area contributed by atoms with Gasteiger partial charge in [0.25, 0.3) is 5.91 Å². The highest BCUT2D eigenvalue weighted by Gasteiger charge is 2.25. The number of hydrogen-bond acceptors (Lipinski definition) is 5. The first-order valence-electron chi connectivity index (χ1n) is 9.25. The summed E-state index contributed by atoms with van der Waals surface area (Å²) in [4.78, 5) is 17.4. The Morgan fingerprint density at radius 1 is 1.11 bits per heavy atom. The van der Waals surface area contributed by atoms with E-state index >= 15 is 0 Å². The normalized spacial score (nSPS) is 15.6. The van der Waals surface area contributed by atoms with Gasteiger partial charge in [0.2, 0.25) is 10.0 Å². The van der Waals surface area contributed by atoms with Crippen LogP contribution in [-0.2, 0) is 16.6 Å². The van der Waals surface area contributed by atoms with Crippen LogP contribution >= 0.6 is 11.3 Å². The van der Waals surface area contributed by atoms with Gasteiger partial charge in [-0.2, -0.15) is 4.31 Å². The van der Waals surface area contributed by atoms with Crippen molar-refractivity contribution in [1.29, 1.82) is 0 Å². The van der Waals surface area contributed by atoms with Crippen molar-refractivity contribution in [2.45, 2.75) is 30.7 Å². The fraction of sp³-hybridized carbons (Fsp3) is 0.300. The third-order valence-corrected chi connectivity index (χ3v) is 7.90. The fourth-order valence-electron chi connectivity index (χ4n) is 3.30. The maximum atomic E-state index is 12.7. The van der Waals surface area contributed by atoms with Crippen molar-refractivity contribution in [1.82, 2.24) is 14.6 Å². The topological polar surface area (TPSA) is 79.4 Å². The molecule has 1 aromatic carbocycles. The van der Waals surface area contributed by atoms with E-state index in [2.05, 4.69) is 10.3 Å². The van der Waals surface area contributed by atoms with Crippen LogP contribution in [0.1, 0.15) is 34.5 Å². The van der Waals surface area contributed by atoms with Crippen molar-refractivity contribution in [2.75, 3.05) is 13.1 Å². The third-order valence-electron chi connectivity index (χ3n) is 4.87. The molecule has 3 heterocycles. The Hall–Kier alpha value is -2.29. The number of rotatable bonds is 5. The number of fused-ring (bicyclic) bond motifs is 1. The van der Waals surface area contributed by atoms with Crippen molar-refractivity contribution in [3.05, 3.63) is 59.2 Å². The molecule has 0 saturated carbocycles. The lowest BCUT2D eigenvalue weighted by atomic mass is 10.2. The van der Waals surface area contributed by atoms with Crippen LogP contribution in [0.4, 0.5) is 0 Å². The van der Waals surface area contributed by atoms with E-state index in [1.165, 1.54) is 11.3 Å². The zero-order chi connectivity index (χ0) is 19.6. The summed E-state index contributed by atoms with van der Waals surface area (Å²) in [6.45, 7) is 1.52. The van der Waals surface area contributed by atoms with E-state index in [9.17, 15) is 13.2 Å². The number of piperidine rings is 1. The maximum absolute atomic E-state index is 12.7. The smallest absolute Gasteiger partial charge is 0.261 e. The highest BCUT2D eigenvalue weighted by atomic mass is 32.2. The predicted molar refractivity (Wildman–Crippen MR) is 110 cm³/mol. The molecule has 0 atom stereocenters. The van der Waals surface area contributed by atoms with Gasteiger partial charge in [0.15, 0.2) is 0 Å². The van der Waals surface area contributed by atoms with Gasteiger partial charge in [0.05, 0.1) is 9.77 Å². The SMILES string of the molecule is O=C(NCc1ccc(S(=O)(=O)N2CCCCC2)cc1)c1cc2cnccc2s1. The number of pyridine rings is 1. The van der Waals surface area contributed by atoms with E-state index in [0.717, 1.165) is 34.9 Å². The van der Waals surface area contributed by atoms with Crippen LogP contribution < -0.4 is 5.32 Å². The minimum absolute atomic E-state index is 0.147. The zero-order valence-corrected chi connectivity index (χ0v) is 16.9. The molecule has 1 saturated heterocycles. The molecule has 6 nitrogen and oxygen atoms in total. The summed E-state index contributed by atoms with van der Waals surface area (Å²) in [6.07, 6.45) is 6.36. The van der Waals surface area contributed by atoms with E-state index in [1.54, 1.807) is 41.0 Å². The van der Waals surface area contributed by atoms with Gasteiger partial charge in [-0.1, -0.05) is 18.6 Å². The standard InChI is InChI=1S/C20H21N3O3S2/c24-20(19-12-16-14-21-9-8-18(16)27-19)22-13-15-4-6-17(7-5-15)28(25,26)23-10-2-1-3-11-23/h4-9,12,14H,1-3,10-11,13H2,(H,22,24). The van der Waals surface area contributed by atoms with Crippen LogP contribution in [0.25, 0.3) is 10.1 Å². The van der Waals surface area contributed by atoms with Crippen LogP contribution in [0.5, 0.6) is 0 Å². The molecule has 28 heavy (non-hydrogen) atoms. The maximum Gasteiger partial charge on any atom is 0.261 e. The lowest BCUT2D eigenvalue weighted by Crippen LogP contribution is -2.35. The first kappa shape index (κ1) is 19.0. The van der Waals surface area contributed by atoms with Crippen molar-refractivity contribution < 1.29 is 13.2 Å². The van der Waals surface area contributed by atoms with Crippen LogP contribution in [0.2, 0.25) is 0 Å². The van der Waals surface area contributed by atoms with Crippen LogP contribution in [-0.4, -0.2) is 36.7 Å². The molecular formula is C20H21N3O3S2. The number of amides is 1. The van der Waals surface area contributed by atoms with E-state index in [1.807, 2.05) is 12.1 Å². The Labute approximate surface area is 168 Å². The van der Waals surface area contributed by atoms with Gasteiger partial charge in [-0.05, 0) is 42.7 Å². The van der Waals surface area contributed by atoms with Crippen molar-refractivity contribution >= 4 is 37.4 Å². The number of hydrogen-bond donors (Lipinski definition) is 1. The molecule has 4 rings (SSSR count). The Kier molecular flexibility index (Phi) is 5.43. The van der Waals surface area contributed by atoms with Crippen LogP contribution in [0.15, 0.2) is 53.7 Å². The number of nitrogens with one attached hydrogen (secondary N) is 1. The summed E-state index contributed by atoms with van der Waals surface area (Å²) in [6, 6.07) is 10.5. The van der Waals surface area contributed by atoms with Gasteiger partial charge in [-0.15, -0.1) is 11.3 Å². The van der Waals surface area contributed by atoms with Crippen LogP contribution in [0.3, 0.4) is 0 Å². The average molecular weight is 416 g/mol. The second-order valence-corrected chi connectivity index (χ2v) is 9.84. The number of benzene rings is 1. The Morgan fingerprint density at radius 3 is 2.57 bits per heavy atom. The molecule has 1 aliphatic heterocycles. The van der Waals surface area contributed by atoms with Gasteiger partial charge in [-0.25, -0.2) is 8.42 Å². The van der Waals surface area contributed by atoms with Crippen molar-refractivity contribution in [2.24, 2.45) is 0 Å². The van der Waals surface area contributed by atoms with Gasteiger partial charge < -0.3 is 5.32 Å². The van der Waals surface area contributed by atoms with Crippen LogP contribution in [0, 0.1) is 0 Å². The first-order chi connectivity index (χ1) is 13.5. The summed E-state index contributed by atoms with van der Waals surface area (Å²) < 4.78 is 28.0. The summed E-state index contributed by atoms with van der Waals surface area (Å²) in [7, 11) is -3.43. The predicted octanol–water partition coefficient (Wildman–Crippen LogP) is 3.40. The van der Waals surface area contributed by atoms with E-state index < -0.39 is 10.0 Å². The quantitative estimate of drug-likeness (QED) is 0.693. The number of carbonyl (C=O) groups excluding carboxylic acids is 1. The number of carbonyl (C=O) groups is 1. The molecule has 0 spiro atoms. The lowest BCUT2D eigenvalue weighted by Gasteiger charge is -2.25. The molecule has 1 N–H and O–H groups in total. The van der Waals surface area contributed by atoms with Gasteiger partial charge in [0.1, 0.15) is 0 Å². The summed E-state index contributed by atoms with van der Waals surface area (Å²) in [5.41, 5.74) is 0.855. The second kappa shape index (κ2) is 7.98. The number of aromatic nitrogens is 1. The third kappa shape index (κ3) is 3.94. The molecule has 8 heteroatoms. The Balaban J connectivity index is 1.41. The highest BCUT2D eigenvalue weighted by molar-refractivity contribution is 7.89. The Bertz CT molecular complexity index is 1050. The summed E-state index contributed by atoms with van der Waals surface area (Å²) in [5, 5.41) is 3.84. The molecule has 0 unspecified atom stereocenters. The molecule has 1 amide bonds. The number of thiophene rings is 1. The molecule has 3 aromatic rings. The minimum Gasteiger partial charge on any atom is -0.347 e. The molecule has 146 valence electrons. The molecule has 1 aliphatic rings. The fourth-order valence-corrected chi connectivity index (χ4v) is 5.76. The van der Waals surface area contributed by atoms with Gasteiger partial charge in [0, 0.05) is 42.1 Å². The monoisotopic (exact) mass is 415 g/mol. The molecule has 1 fully saturated rings. The Morgan fingerprint density at radius 2 is 1.86 bits per heavy atom. The first-order valence-corrected chi connectivity index (χ1v) is 11.5. The van der Waals surface area contributed by atoms with Crippen molar-refractivity contribution in [3.63, 3.8) is 0 Å². The molecule has 0 radical (unpaired) electrons. The molecule has 2 aromatic heterocycles. The number of sulfonamides is 1. The van der Waals surface area contributed by atoms with E-state index in [0.29, 0.717) is 29.4 Å². The summed E-state index contributed by atoms with van der Waals surface area (Å²) in [5.74, 6) is -0.147. The number of nitrogens with zero attached hydrogens (tertiary/aromatic N) is 2. The average Bonchev–Trinajstić information content (AvgIpc) is 3.17. The minimum atomic E-state index is -3.43. The zero-order valence-electron chi connectivity index (χ0n) is 15.3. The molecule has 0 aliphatic carbocycles. The summed E-state index contributed by atoms with van der Waals surface area (Å²) >= 11 is 1.43. The van der Waals surface area contributed by atoms with E-state index in [-0.39, 0.29) is 5.91 Å². The highest BCUT2D eigenvalue weighted by Crippen LogP contribution is 2.24. The molecular weight excluding hydrogens is 394 g/mol. The lowest BCUT2D eigenvalue weighted by molar-refractivity contribution is 0.0955. The van der Waals surface area contributed by atoms with Gasteiger partial charge >= 0.3 is 0 Å². The second-order valence-electron chi connectivity index (χ2n) is 6.82.